The molecule has 0 radical (unpaired) electrons. The summed E-state index contributed by atoms with van der Waals surface area (Å²) in [4.78, 5) is 24.5. The molecule has 166 valence electrons. The summed E-state index contributed by atoms with van der Waals surface area (Å²) in [5.74, 6) is -1.11. The van der Waals surface area contributed by atoms with Gasteiger partial charge >= 0.3 is 11.9 Å². The number of hydrogen-bond donors (Lipinski definition) is 1. The highest BCUT2D eigenvalue weighted by atomic mass is 16.6. The van der Waals surface area contributed by atoms with Crippen LogP contribution in [0.1, 0.15) is 96.8 Å². The molecule has 5 heteroatoms. The minimum absolute atomic E-state index is 0.0696. The van der Waals surface area contributed by atoms with Gasteiger partial charge in [0, 0.05) is 5.92 Å². The third kappa shape index (κ3) is 4.98. The number of ether oxygens (including phenoxy) is 2. The fourth-order valence-electron chi connectivity index (χ4n) is 5.91. The molecule has 0 spiro atoms. The van der Waals surface area contributed by atoms with E-state index < -0.39 is 5.41 Å². The maximum Gasteiger partial charge on any atom is 0.310 e. The third-order valence-corrected chi connectivity index (χ3v) is 7.65. The number of aliphatic hydroxyl groups is 1. The van der Waals surface area contributed by atoms with E-state index in [1.807, 2.05) is 0 Å². The van der Waals surface area contributed by atoms with E-state index in [9.17, 15) is 14.7 Å². The van der Waals surface area contributed by atoms with Gasteiger partial charge in [-0.1, -0.05) is 77.6 Å². The Bertz CT molecular complexity index is 547. The van der Waals surface area contributed by atoms with Gasteiger partial charge in [0.05, 0.1) is 23.9 Å². The van der Waals surface area contributed by atoms with Gasteiger partial charge in [0.25, 0.3) is 0 Å². The van der Waals surface area contributed by atoms with Crippen LogP contribution in [0.2, 0.25) is 0 Å². The van der Waals surface area contributed by atoms with E-state index in [0.29, 0.717) is 6.42 Å². The maximum absolute atomic E-state index is 12.5. The lowest BCUT2D eigenvalue weighted by atomic mass is 9.73. The summed E-state index contributed by atoms with van der Waals surface area (Å²) in [5, 5.41) is 9.94. The molecular weight excluding hydrogens is 368 g/mol. The van der Waals surface area contributed by atoms with Gasteiger partial charge in [0.15, 0.2) is 0 Å². The predicted octanol–water partition coefficient (Wildman–Crippen LogP) is 4.79. The summed E-state index contributed by atoms with van der Waals surface area (Å²) in [5.41, 5.74) is -0.732. The minimum atomic E-state index is -0.732. The van der Waals surface area contributed by atoms with Crippen LogP contribution in [0, 0.1) is 23.2 Å². The summed E-state index contributed by atoms with van der Waals surface area (Å²) in [6, 6.07) is 0. The number of fused-ring (bicyclic) bond motifs is 3. The molecule has 29 heavy (non-hydrogen) atoms. The summed E-state index contributed by atoms with van der Waals surface area (Å²) in [6.45, 7) is 2.24. The summed E-state index contributed by atoms with van der Waals surface area (Å²) >= 11 is 0. The zero-order valence-electron chi connectivity index (χ0n) is 18.2. The van der Waals surface area contributed by atoms with Gasteiger partial charge < -0.3 is 14.6 Å². The lowest BCUT2D eigenvalue weighted by Crippen LogP contribution is -2.39. The second kappa shape index (κ2) is 10.8. The van der Waals surface area contributed by atoms with Crippen molar-refractivity contribution in [2.24, 2.45) is 23.2 Å². The lowest BCUT2D eigenvalue weighted by molar-refractivity contribution is -0.149. The molecule has 3 fully saturated rings. The second-order valence-electron chi connectivity index (χ2n) is 9.58. The fourth-order valence-corrected chi connectivity index (χ4v) is 5.91. The molecule has 5 nitrogen and oxygen atoms in total. The van der Waals surface area contributed by atoms with Crippen molar-refractivity contribution in [3.05, 3.63) is 0 Å². The van der Waals surface area contributed by atoms with Crippen LogP contribution in [0.5, 0.6) is 0 Å². The maximum atomic E-state index is 12.5. The average molecular weight is 409 g/mol. The van der Waals surface area contributed by atoms with Crippen molar-refractivity contribution < 1.29 is 24.2 Å². The van der Waals surface area contributed by atoms with E-state index in [4.69, 9.17) is 9.47 Å². The monoisotopic (exact) mass is 408 g/mol. The van der Waals surface area contributed by atoms with Crippen molar-refractivity contribution in [1.29, 1.82) is 0 Å². The van der Waals surface area contributed by atoms with Crippen LogP contribution in [0.15, 0.2) is 0 Å². The molecule has 2 aliphatic heterocycles. The first-order valence-electron chi connectivity index (χ1n) is 12.1. The van der Waals surface area contributed by atoms with Gasteiger partial charge in [0.1, 0.15) is 12.7 Å². The zero-order valence-corrected chi connectivity index (χ0v) is 18.2. The Kier molecular flexibility index (Phi) is 8.40. The van der Waals surface area contributed by atoms with Gasteiger partial charge in [-0.15, -0.1) is 0 Å². The molecule has 3 rings (SSSR count). The molecule has 3 aliphatic rings. The minimum Gasteiger partial charge on any atom is -0.465 e. The second-order valence-corrected chi connectivity index (χ2v) is 9.58. The molecule has 1 aliphatic carbocycles. The molecule has 0 aromatic carbocycles. The van der Waals surface area contributed by atoms with Gasteiger partial charge in [-0.3, -0.25) is 9.59 Å². The topological polar surface area (TPSA) is 72.8 Å². The van der Waals surface area contributed by atoms with Crippen molar-refractivity contribution >= 4 is 11.9 Å². The Morgan fingerprint density at radius 3 is 2.07 bits per heavy atom. The highest BCUT2D eigenvalue weighted by Crippen LogP contribution is 2.59. The standard InChI is InChI=1S/C24H40O5/c1-2-3-4-5-6-7-8-9-10-11-12-13-14-20-18-15-19-22(26)28-17-24(19,16-25)21(18)23(27)29-20/h18-21,25H,2-17H2,1H3/t18-,19+,20-,21-,24-/m1/s1. The molecule has 5 atom stereocenters. The fraction of sp³-hybridized carbons (Fsp3) is 0.917. The summed E-state index contributed by atoms with van der Waals surface area (Å²) < 4.78 is 10.9. The largest absolute Gasteiger partial charge is 0.465 e. The van der Waals surface area contributed by atoms with Crippen LogP contribution in [0.4, 0.5) is 0 Å². The molecule has 0 amide bonds. The highest BCUT2D eigenvalue weighted by Gasteiger charge is 2.69. The number of rotatable bonds is 14. The van der Waals surface area contributed by atoms with Gasteiger partial charge in [-0.2, -0.15) is 0 Å². The number of hydrogen-bond acceptors (Lipinski definition) is 5. The molecule has 0 aromatic rings. The van der Waals surface area contributed by atoms with Crippen LogP contribution >= 0.6 is 0 Å². The van der Waals surface area contributed by atoms with Gasteiger partial charge in [0.2, 0.25) is 0 Å². The Hall–Kier alpha value is -1.10. The summed E-state index contributed by atoms with van der Waals surface area (Å²) in [6.07, 6.45) is 17.2. The van der Waals surface area contributed by atoms with Crippen molar-refractivity contribution in [1.82, 2.24) is 0 Å². The first-order valence-corrected chi connectivity index (χ1v) is 12.1. The molecule has 0 aromatic heterocycles. The van der Waals surface area contributed by atoms with Crippen molar-refractivity contribution in [3.63, 3.8) is 0 Å². The van der Waals surface area contributed by atoms with Gasteiger partial charge in [-0.25, -0.2) is 0 Å². The third-order valence-electron chi connectivity index (χ3n) is 7.65. The SMILES string of the molecule is CCCCCCCCCCCCCC[C@H]1OC(=O)[C@H]2[C@@H]1C[C@H]1C(=O)OC[C@]12CO. The van der Waals surface area contributed by atoms with Crippen LogP contribution in [0.3, 0.4) is 0 Å². The van der Waals surface area contributed by atoms with E-state index in [2.05, 4.69) is 6.92 Å². The quantitative estimate of drug-likeness (QED) is 0.330. The zero-order chi connectivity index (χ0) is 20.7. The van der Waals surface area contributed by atoms with Crippen molar-refractivity contribution in [2.75, 3.05) is 13.2 Å². The Balaban J connectivity index is 1.29. The highest BCUT2D eigenvalue weighted by molar-refractivity contribution is 5.83. The number of esters is 2. The Morgan fingerprint density at radius 2 is 1.48 bits per heavy atom. The number of aliphatic hydroxyl groups excluding tert-OH is 1. The molecule has 0 unspecified atom stereocenters. The number of carbonyl (C=O) groups is 2. The van der Waals surface area contributed by atoms with E-state index in [1.165, 1.54) is 70.6 Å². The van der Waals surface area contributed by atoms with Crippen LogP contribution in [-0.4, -0.2) is 36.4 Å². The lowest BCUT2D eigenvalue weighted by Gasteiger charge is -2.27. The van der Waals surface area contributed by atoms with E-state index in [-0.39, 0.29) is 49.0 Å². The van der Waals surface area contributed by atoms with E-state index in [0.717, 1.165) is 12.8 Å². The first-order chi connectivity index (χ1) is 14.1. The Morgan fingerprint density at radius 1 is 0.897 bits per heavy atom. The number of cyclic esters (lactones) is 2. The number of unbranched alkanes of at least 4 members (excludes halogenated alkanes) is 11. The first kappa shape index (κ1) is 22.6. The molecular formula is C24H40O5. The molecule has 2 saturated heterocycles. The Labute approximate surface area is 175 Å². The van der Waals surface area contributed by atoms with E-state index in [1.54, 1.807) is 0 Å². The smallest absolute Gasteiger partial charge is 0.310 e. The van der Waals surface area contributed by atoms with Gasteiger partial charge in [-0.05, 0) is 19.3 Å². The van der Waals surface area contributed by atoms with Crippen LogP contribution in [0.25, 0.3) is 0 Å². The molecule has 1 N–H and O–H groups in total. The normalized spacial score (nSPS) is 32.9. The molecule has 0 bridgehead atoms. The van der Waals surface area contributed by atoms with Crippen molar-refractivity contribution in [2.45, 2.75) is 103 Å². The van der Waals surface area contributed by atoms with E-state index >= 15 is 0 Å². The molecule has 2 heterocycles. The van der Waals surface area contributed by atoms with Crippen LogP contribution in [-0.2, 0) is 19.1 Å². The molecule has 1 saturated carbocycles. The predicted molar refractivity (Wildman–Crippen MR) is 111 cm³/mol. The van der Waals surface area contributed by atoms with Crippen molar-refractivity contribution in [3.8, 4) is 0 Å². The summed E-state index contributed by atoms with van der Waals surface area (Å²) in [7, 11) is 0. The average Bonchev–Trinajstić information content (AvgIpc) is 3.33. The van der Waals surface area contributed by atoms with Crippen LogP contribution < -0.4 is 0 Å². The number of carbonyl (C=O) groups excluding carboxylic acids is 2.